The number of rotatable bonds is 6. The minimum atomic E-state index is 0. The van der Waals surface area contributed by atoms with E-state index in [0.29, 0.717) is 12.6 Å². The first-order valence-corrected chi connectivity index (χ1v) is 6.83. The molecule has 20 heavy (non-hydrogen) atoms. The summed E-state index contributed by atoms with van der Waals surface area (Å²) in [6.07, 6.45) is 0. The van der Waals surface area contributed by atoms with E-state index in [1.54, 1.807) is 0 Å². The van der Waals surface area contributed by atoms with Gasteiger partial charge in [-0.25, -0.2) is 0 Å². The summed E-state index contributed by atoms with van der Waals surface area (Å²) in [5, 5.41) is 6.13. The molecular weight excluding hydrogens is 301 g/mol. The summed E-state index contributed by atoms with van der Waals surface area (Å²) in [4.78, 5) is 14.3. The minimum absolute atomic E-state index is 0. The van der Waals surface area contributed by atoms with Gasteiger partial charge < -0.3 is 15.4 Å². The maximum absolute atomic E-state index is 11.9. The van der Waals surface area contributed by atoms with Crippen molar-refractivity contribution in [3.63, 3.8) is 0 Å². The Labute approximate surface area is 135 Å². The van der Waals surface area contributed by atoms with Crippen molar-refractivity contribution in [1.82, 2.24) is 15.5 Å². The van der Waals surface area contributed by atoms with Gasteiger partial charge in [-0.2, -0.15) is 0 Å². The third-order valence-electron chi connectivity index (χ3n) is 3.67. The average molecular weight is 330 g/mol. The monoisotopic (exact) mass is 329 g/mol. The molecule has 3 atom stereocenters. The third-order valence-corrected chi connectivity index (χ3v) is 3.67. The number of hydrogen-bond donors (Lipinski definition) is 2. The topological polar surface area (TPSA) is 53.6 Å². The maximum Gasteiger partial charge on any atom is 0.224 e. The Balaban J connectivity index is 0. The van der Waals surface area contributed by atoms with E-state index in [0.717, 1.165) is 26.3 Å². The molecule has 0 radical (unpaired) electrons. The highest BCUT2D eigenvalue weighted by Crippen LogP contribution is 2.08. The second-order valence-electron chi connectivity index (χ2n) is 5.14. The second-order valence-corrected chi connectivity index (χ2v) is 5.14. The molecule has 0 bridgehead atoms. The van der Waals surface area contributed by atoms with Crippen LogP contribution < -0.4 is 10.6 Å². The summed E-state index contributed by atoms with van der Waals surface area (Å²) in [5.41, 5.74) is 0. The molecule has 0 saturated carbocycles. The zero-order chi connectivity index (χ0) is 13.5. The van der Waals surface area contributed by atoms with E-state index in [1.165, 1.54) is 0 Å². The number of nitrogens with zero attached hydrogens (tertiary/aromatic N) is 1. The molecule has 1 aliphatic heterocycles. The van der Waals surface area contributed by atoms with Crippen molar-refractivity contribution < 1.29 is 9.53 Å². The van der Waals surface area contributed by atoms with Crippen molar-refractivity contribution in [1.29, 1.82) is 0 Å². The fourth-order valence-electron chi connectivity index (χ4n) is 2.19. The Bertz CT molecular complexity index is 264. The number of nitrogens with one attached hydrogen (secondary N) is 2. The van der Waals surface area contributed by atoms with Crippen LogP contribution in [0.1, 0.15) is 20.8 Å². The van der Waals surface area contributed by atoms with Gasteiger partial charge in [-0.3, -0.25) is 9.69 Å². The van der Waals surface area contributed by atoms with E-state index in [4.69, 9.17) is 4.74 Å². The van der Waals surface area contributed by atoms with E-state index in [9.17, 15) is 4.79 Å². The molecule has 0 aromatic heterocycles. The van der Waals surface area contributed by atoms with Gasteiger partial charge in [0, 0.05) is 37.6 Å². The summed E-state index contributed by atoms with van der Waals surface area (Å²) in [5.74, 6) is 0.131. The molecule has 1 heterocycles. The molecule has 0 aromatic carbocycles. The van der Waals surface area contributed by atoms with Crippen LogP contribution in [0.4, 0.5) is 0 Å². The summed E-state index contributed by atoms with van der Waals surface area (Å²) in [6, 6.07) is 0.509. The summed E-state index contributed by atoms with van der Waals surface area (Å²) >= 11 is 0. The molecule has 2 N–H and O–H groups in total. The molecule has 0 aromatic rings. The van der Waals surface area contributed by atoms with Crippen LogP contribution in [-0.2, 0) is 9.53 Å². The SMILES string of the molecule is CNCC(C)C(=O)NC(C)C(C)N1CCOCC1.Cl.Cl. The van der Waals surface area contributed by atoms with Crippen LogP contribution in [-0.4, -0.2) is 62.8 Å². The fraction of sp³-hybridized carbons (Fsp3) is 0.923. The normalized spacial score (nSPS) is 20.0. The standard InChI is InChI=1S/C13H27N3O2.2ClH/c1-10(9-14-4)13(17)15-11(2)12(3)16-5-7-18-8-6-16;;/h10-12,14H,5-9H2,1-4H3,(H,15,17);2*1H. The Hall–Kier alpha value is -0.0700. The Morgan fingerprint density at radius 3 is 2.25 bits per heavy atom. The van der Waals surface area contributed by atoms with Crippen LogP contribution in [0.5, 0.6) is 0 Å². The van der Waals surface area contributed by atoms with Crippen LogP contribution in [0.3, 0.4) is 0 Å². The molecule has 3 unspecified atom stereocenters. The van der Waals surface area contributed by atoms with Gasteiger partial charge in [-0.1, -0.05) is 6.92 Å². The lowest BCUT2D eigenvalue weighted by Gasteiger charge is -2.36. The molecule has 0 spiro atoms. The van der Waals surface area contributed by atoms with Crippen LogP contribution in [0, 0.1) is 5.92 Å². The lowest BCUT2D eigenvalue weighted by Crippen LogP contribution is -2.53. The van der Waals surface area contributed by atoms with Crippen LogP contribution in [0.25, 0.3) is 0 Å². The average Bonchev–Trinajstić information content (AvgIpc) is 2.39. The predicted molar refractivity (Wildman–Crippen MR) is 87.0 cm³/mol. The van der Waals surface area contributed by atoms with Gasteiger partial charge in [0.05, 0.1) is 13.2 Å². The van der Waals surface area contributed by atoms with Gasteiger partial charge in [0.1, 0.15) is 0 Å². The molecule has 0 aliphatic carbocycles. The van der Waals surface area contributed by atoms with Gasteiger partial charge >= 0.3 is 0 Å². The third kappa shape index (κ3) is 7.09. The summed E-state index contributed by atoms with van der Waals surface area (Å²) in [7, 11) is 1.86. The fourth-order valence-corrected chi connectivity index (χ4v) is 2.19. The van der Waals surface area contributed by atoms with Crippen molar-refractivity contribution in [3.8, 4) is 0 Å². The summed E-state index contributed by atoms with van der Waals surface area (Å²) in [6.45, 7) is 10.4. The Kier molecular flexibility index (Phi) is 12.9. The van der Waals surface area contributed by atoms with Gasteiger partial charge in [0.15, 0.2) is 0 Å². The predicted octanol–water partition coefficient (Wildman–Crippen LogP) is 0.911. The Morgan fingerprint density at radius 1 is 1.20 bits per heavy atom. The van der Waals surface area contributed by atoms with Gasteiger partial charge in [-0.05, 0) is 20.9 Å². The zero-order valence-corrected chi connectivity index (χ0v) is 14.5. The highest BCUT2D eigenvalue weighted by Gasteiger charge is 2.24. The van der Waals surface area contributed by atoms with Crippen LogP contribution in [0.15, 0.2) is 0 Å². The van der Waals surface area contributed by atoms with Crippen molar-refractivity contribution in [2.24, 2.45) is 5.92 Å². The van der Waals surface area contributed by atoms with E-state index >= 15 is 0 Å². The second kappa shape index (κ2) is 11.6. The van der Waals surface area contributed by atoms with Crippen LogP contribution >= 0.6 is 24.8 Å². The highest BCUT2D eigenvalue weighted by atomic mass is 35.5. The van der Waals surface area contributed by atoms with Crippen molar-refractivity contribution in [2.75, 3.05) is 39.9 Å². The van der Waals surface area contributed by atoms with Crippen molar-refractivity contribution in [2.45, 2.75) is 32.9 Å². The first-order valence-electron chi connectivity index (χ1n) is 6.83. The number of morpholine rings is 1. The van der Waals surface area contributed by atoms with Crippen molar-refractivity contribution >= 4 is 30.7 Å². The molecule has 1 saturated heterocycles. The number of amides is 1. The lowest BCUT2D eigenvalue weighted by atomic mass is 10.1. The van der Waals surface area contributed by atoms with Crippen molar-refractivity contribution in [3.05, 3.63) is 0 Å². The largest absolute Gasteiger partial charge is 0.379 e. The number of carbonyl (C=O) groups is 1. The highest BCUT2D eigenvalue weighted by molar-refractivity contribution is 5.85. The zero-order valence-electron chi connectivity index (χ0n) is 12.8. The Morgan fingerprint density at radius 2 is 1.75 bits per heavy atom. The smallest absolute Gasteiger partial charge is 0.224 e. The lowest BCUT2D eigenvalue weighted by molar-refractivity contribution is -0.125. The first kappa shape index (κ1) is 22.2. The van der Waals surface area contributed by atoms with E-state index in [1.807, 2.05) is 14.0 Å². The molecule has 1 aliphatic rings. The number of halogens is 2. The first-order chi connectivity index (χ1) is 8.56. The van der Waals surface area contributed by atoms with E-state index in [2.05, 4.69) is 29.4 Å². The van der Waals surface area contributed by atoms with Gasteiger partial charge in [0.2, 0.25) is 5.91 Å². The molecule has 1 rings (SSSR count). The van der Waals surface area contributed by atoms with E-state index in [-0.39, 0.29) is 42.7 Å². The van der Waals surface area contributed by atoms with Gasteiger partial charge in [0.25, 0.3) is 0 Å². The number of ether oxygens (including phenoxy) is 1. The number of hydrogen-bond acceptors (Lipinski definition) is 4. The molecule has 122 valence electrons. The minimum Gasteiger partial charge on any atom is -0.379 e. The summed E-state index contributed by atoms with van der Waals surface area (Å²) < 4.78 is 5.34. The molecule has 1 amide bonds. The van der Waals surface area contributed by atoms with Crippen LogP contribution in [0.2, 0.25) is 0 Å². The molecule has 1 fully saturated rings. The molecule has 5 nitrogen and oxygen atoms in total. The maximum atomic E-state index is 11.9. The molecule has 7 heteroatoms. The van der Waals surface area contributed by atoms with E-state index < -0.39 is 0 Å². The van der Waals surface area contributed by atoms with Gasteiger partial charge in [-0.15, -0.1) is 24.8 Å². The number of carbonyl (C=O) groups excluding carboxylic acids is 1. The molecular formula is C13H29Cl2N3O2. The quantitative estimate of drug-likeness (QED) is 0.760.